The van der Waals surface area contributed by atoms with Gasteiger partial charge in [-0.15, -0.1) is 0 Å². The molecular weight excluding hydrogens is 301 g/mol. The molecule has 3 rings (SSSR count). The first-order chi connectivity index (χ1) is 11.1. The van der Waals surface area contributed by atoms with Crippen molar-refractivity contribution in [1.29, 1.82) is 0 Å². The molecule has 2 atom stereocenters. The highest BCUT2D eigenvalue weighted by Gasteiger charge is 2.46. The second-order valence-corrected chi connectivity index (χ2v) is 5.44. The third-order valence-corrected chi connectivity index (χ3v) is 3.96. The maximum Gasteiger partial charge on any atom is 0.233 e. The highest BCUT2D eigenvalue weighted by atomic mass is 19.1. The van der Waals surface area contributed by atoms with E-state index in [1.807, 2.05) is 0 Å². The van der Waals surface area contributed by atoms with Crippen molar-refractivity contribution in [2.24, 2.45) is 5.92 Å². The van der Waals surface area contributed by atoms with Crippen molar-refractivity contribution in [3.63, 3.8) is 0 Å². The summed E-state index contributed by atoms with van der Waals surface area (Å²) < 4.78 is 29.5. The molecule has 122 valence electrons. The molecule has 23 heavy (non-hydrogen) atoms. The molecule has 0 N–H and O–H groups in total. The van der Waals surface area contributed by atoms with E-state index in [1.54, 1.807) is 31.6 Å². The largest absolute Gasteiger partial charge is 0.494 e. The lowest BCUT2D eigenvalue weighted by atomic mass is 10.2. The Hall–Kier alpha value is -2.34. The van der Waals surface area contributed by atoms with Gasteiger partial charge in [0, 0.05) is 18.9 Å². The van der Waals surface area contributed by atoms with Gasteiger partial charge in [-0.25, -0.2) is 4.39 Å². The summed E-state index contributed by atoms with van der Waals surface area (Å²) >= 11 is 0. The van der Waals surface area contributed by atoms with E-state index >= 15 is 0 Å². The Morgan fingerprint density at radius 1 is 1.39 bits per heavy atom. The van der Waals surface area contributed by atoms with Crippen LogP contribution in [-0.2, 0) is 16.1 Å². The predicted molar refractivity (Wildman–Crippen MR) is 81.8 cm³/mol. The minimum atomic E-state index is -0.513. The topological polar surface area (TPSA) is 51.9 Å². The van der Waals surface area contributed by atoms with Crippen LogP contribution in [0, 0.1) is 11.7 Å². The predicted octanol–water partition coefficient (Wildman–Crippen LogP) is 3.00. The van der Waals surface area contributed by atoms with Crippen LogP contribution in [0.5, 0.6) is 5.75 Å². The van der Waals surface area contributed by atoms with E-state index in [2.05, 4.69) is 0 Å². The Labute approximate surface area is 133 Å². The number of furan rings is 1. The number of hydrogen-bond donors (Lipinski definition) is 0. The molecule has 0 saturated heterocycles. The summed E-state index contributed by atoms with van der Waals surface area (Å²) in [5, 5.41) is 0. The van der Waals surface area contributed by atoms with E-state index in [-0.39, 0.29) is 30.2 Å². The van der Waals surface area contributed by atoms with E-state index in [0.29, 0.717) is 17.9 Å². The summed E-state index contributed by atoms with van der Waals surface area (Å²) in [4.78, 5) is 14.2. The minimum absolute atomic E-state index is 0.0651. The van der Waals surface area contributed by atoms with Gasteiger partial charge in [0.15, 0.2) is 11.6 Å². The molecule has 0 spiro atoms. The van der Waals surface area contributed by atoms with Crippen molar-refractivity contribution in [2.75, 3.05) is 19.1 Å². The molecular formula is C17H18FNO4. The Balaban J connectivity index is 1.88. The Morgan fingerprint density at radius 3 is 2.78 bits per heavy atom. The summed E-state index contributed by atoms with van der Waals surface area (Å²) in [5.41, 5.74) is 0.464. The third kappa shape index (κ3) is 3.22. The van der Waals surface area contributed by atoms with E-state index in [1.165, 1.54) is 24.1 Å². The van der Waals surface area contributed by atoms with E-state index < -0.39 is 5.82 Å². The first-order valence-electron chi connectivity index (χ1n) is 7.34. The lowest BCUT2D eigenvalue weighted by molar-refractivity contribution is -0.120. The summed E-state index contributed by atoms with van der Waals surface area (Å²) in [6.45, 7) is 0.241. The molecule has 0 aliphatic heterocycles. The maximum absolute atomic E-state index is 14.0. The van der Waals surface area contributed by atoms with Gasteiger partial charge in [0.2, 0.25) is 5.91 Å². The van der Waals surface area contributed by atoms with Crippen molar-refractivity contribution in [3.8, 4) is 5.75 Å². The zero-order chi connectivity index (χ0) is 16.4. The van der Waals surface area contributed by atoms with Crippen LogP contribution >= 0.6 is 0 Å². The standard InChI is InChI=1S/C17H18FNO4/c1-21-15-6-5-11(8-14(15)18)19(10-12-4-3-7-23-12)17(20)13-9-16(13)22-2/h3-8,13,16H,9-10H2,1-2H3/t13-,16-/m1/s1. The average molecular weight is 319 g/mol. The lowest BCUT2D eigenvalue weighted by Crippen LogP contribution is -2.32. The van der Waals surface area contributed by atoms with Gasteiger partial charge >= 0.3 is 0 Å². The number of carbonyl (C=O) groups is 1. The van der Waals surface area contributed by atoms with Crippen LogP contribution in [0.25, 0.3) is 0 Å². The zero-order valence-electron chi connectivity index (χ0n) is 13.0. The number of hydrogen-bond acceptors (Lipinski definition) is 4. The van der Waals surface area contributed by atoms with Crippen molar-refractivity contribution < 1.29 is 23.1 Å². The van der Waals surface area contributed by atoms with Crippen molar-refractivity contribution >= 4 is 11.6 Å². The van der Waals surface area contributed by atoms with Gasteiger partial charge < -0.3 is 18.8 Å². The van der Waals surface area contributed by atoms with Gasteiger partial charge in [-0.1, -0.05) is 0 Å². The molecule has 1 heterocycles. The van der Waals surface area contributed by atoms with Crippen LogP contribution in [0.3, 0.4) is 0 Å². The molecule has 0 radical (unpaired) electrons. The Kier molecular flexibility index (Phi) is 4.34. The third-order valence-electron chi connectivity index (χ3n) is 3.96. The molecule has 5 nitrogen and oxygen atoms in total. The second kappa shape index (κ2) is 6.42. The van der Waals surface area contributed by atoms with Crippen molar-refractivity contribution in [3.05, 3.63) is 48.2 Å². The fourth-order valence-electron chi connectivity index (χ4n) is 2.57. The van der Waals surface area contributed by atoms with Crippen molar-refractivity contribution in [1.82, 2.24) is 0 Å². The number of rotatable bonds is 6. The van der Waals surface area contributed by atoms with Crippen molar-refractivity contribution in [2.45, 2.75) is 19.1 Å². The van der Waals surface area contributed by atoms with Gasteiger partial charge in [-0.2, -0.15) is 0 Å². The number of ether oxygens (including phenoxy) is 2. The number of methoxy groups -OCH3 is 2. The molecule has 1 aliphatic carbocycles. The highest BCUT2D eigenvalue weighted by Crippen LogP contribution is 2.37. The molecule has 1 fully saturated rings. The molecule has 1 aliphatic rings. The van der Waals surface area contributed by atoms with Gasteiger partial charge in [-0.05, 0) is 30.7 Å². The van der Waals surface area contributed by atoms with Crippen LogP contribution in [0.2, 0.25) is 0 Å². The first-order valence-corrected chi connectivity index (χ1v) is 7.34. The highest BCUT2D eigenvalue weighted by molar-refractivity contribution is 5.97. The quantitative estimate of drug-likeness (QED) is 0.821. The molecule has 2 aromatic rings. The van der Waals surface area contributed by atoms with Crippen LogP contribution in [0.15, 0.2) is 41.0 Å². The molecule has 1 amide bonds. The number of amides is 1. The molecule has 0 bridgehead atoms. The smallest absolute Gasteiger partial charge is 0.233 e. The van der Waals surface area contributed by atoms with Gasteiger partial charge in [0.05, 0.1) is 31.9 Å². The Morgan fingerprint density at radius 2 is 2.22 bits per heavy atom. The number of nitrogens with zero attached hydrogens (tertiary/aromatic N) is 1. The molecule has 1 saturated carbocycles. The minimum Gasteiger partial charge on any atom is -0.494 e. The number of halogens is 1. The number of benzene rings is 1. The lowest BCUT2D eigenvalue weighted by Gasteiger charge is -2.22. The summed E-state index contributed by atoms with van der Waals surface area (Å²) in [6, 6.07) is 7.99. The summed E-state index contributed by atoms with van der Waals surface area (Å²) in [6.07, 6.45) is 2.16. The molecule has 0 unspecified atom stereocenters. The fraction of sp³-hybridized carbons (Fsp3) is 0.353. The van der Waals surface area contributed by atoms with Gasteiger partial charge in [-0.3, -0.25) is 4.79 Å². The van der Waals surface area contributed by atoms with E-state index in [0.717, 1.165) is 0 Å². The second-order valence-electron chi connectivity index (χ2n) is 5.44. The normalized spacial score (nSPS) is 19.4. The molecule has 1 aromatic heterocycles. The fourth-order valence-corrected chi connectivity index (χ4v) is 2.57. The van der Waals surface area contributed by atoms with Crippen LogP contribution in [-0.4, -0.2) is 26.2 Å². The van der Waals surface area contributed by atoms with Crippen LogP contribution in [0.1, 0.15) is 12.2 Å². The van der Waals surface area contributed by atoms with E-state index in [9.17, 15) is 9.18 Å². The van der Waals surface area contributed by atoms with E-state index in [4.69, 9.17) is 13.9 Å². The van der Waals surface area contributed by atoms with Crippen LogP contribution < -0.4 is 9.64 Å². The summed E-state index contributed by atoms with van der Waals surface area (Å²) in [7, 11) is 2.99. The van der Waals surface area contributed by atoms with Gasteiger partial charge in [0.25, 0.3) is 0 Å². The average Bonchev–Trinajstić information content (AvgIpc) is 3.18. The maximum atomic E-state index is 14.0. The molecule has 1 aromatic carbocycles. The van der Waals surface area contributed by atoms with Gasteiger partial charge in [0.1, 0.15) is 5.76 Å². The SMILES string of the molecule is COc1ccc(N(Cc2ccco2)C(=O)[C@@H]2C[C@H]2OC)cc1F. The zero-order valence-corrected chi connectivity index (χ0v) is 13.0. The van der Waals surface area contributed by atoms with Crippen LogP contribution in [0.4, 0.5) is 10.1 Å². The monoisotopic (exact) mass is 319 g/mol. The number of anilines is 1. The summed E-state index contributed by atoms with van der Waals surface area (Å²) in [5.74, 6) is -0.0381. The first kappa shape index (κ1) is 15.6. The Bertz CT molecular complexity index is 686. The molecule has 6 heteroatoms. The number of carbonyl (C=O) groups excluding carboxylic acids is 1.